The van der Waals surface area contributed by atoms with Crippen molar-refractivity contribution in [3.8, 4) is 17.0 Å². The third-order valence-electron chi connectivity index (χ3n) is 3.26. The number of thioether (sulfide) groups is 1. The number of halogens is 3. The van der Waals surface area contributed by atoms with Gasteiger partial charge >= 0.3 is 5.97 Å². The van der Waals surface area contributed by atoms with Crippen LogP contribution in [0.15, 0.2) is 35.4 Å². The van der Waals surface area contributed by atoms with Gasteiger partial charge in [0.1, 0.15) is 11.6 Å². The number of benzene rings is 1. The molecular weight excluding hydrogens is 367 g/mol. The van der Waals surface area contributed by atoms with E-state index in [-0.39, 0.29) is 24.0 Å². The molecule has 1 aromatic heterocycles. The second-order valence-electron chi connectivity index (χ2n) is 5.75. The lowest BCUT2D eigenvalue weighted by Crippen LogP contribution is -2.08. The second-order valence-corrected chi connectivity index (χ2v) is 6.91. The molecule has 1 N–H and O–H groups in total. The molecule has 2 rings (SSSR count). The second kappa shape index (κ2) is 8.93. The van der Waals surface area contributed by atoms with E-state index in [1.54, 1.807) is 26.0 Å². The standard InChI is InChI=1S/C18H18F3NO3S/c1-10(2)25-18-12(4-3-7-22-18)11-8-13(19)17(14(20)9-11)26-15(21)5-6-16(23)24/h3-4,7-10,15H,5-6H2,1-2H3,(H,23,24). The van der Waals surface area contributed by atoms with Crippen molar-refractivity contribution in [1.82, 2.24) is 4.98 Å². The lowest BCUT2D eigenvalue weighted by atomic mass is 10.1. The molecule has 0 aliphatic heterocycles. The molecule has 2 aromatic rings. The summed E-state index contributed by atoms with van der Waals surface area (Å²) in [5, 5.41) is 8.55. The number of ether oxygens (including phenoxy) is 1. The molecule has 1 atom stereocenters. The van der Waals surface area contributed by atoms with Crippen LogP contribution < -0.4 is 4.74 Å². The van der Waals surface area contributed by atoms with Crippen molar-refractivity contribution >= 4 is 17.7 Å². The summed E-state index contributed by atoms with van der Waals surface area (Å²) in [5.74, 6) is -2.78. The topological polar surface area (TPSA) is 59.4 Å². The number of hydrogen-bond acceptors (Lipinski definition) is 4. The van der Waals surface area contributed by atoms with Crippen LogP contribution >= 0.6 is 11.8 Å². The molecule has 26 heavy (non-hydrogen) atoms. The fourth-order valence-electron chi connectivity index (χ4n) is 2.18. The number of carboxylic acids is 1. The zero-order valence-corrected chi connectivity index (χ0v) is 15.0. The van der Waals surface area contributed by atoms with Crippen LogP contribution in [0.2, 0.25) is 0 Å². The number of hydrogen-bond donors (Lipinski definition) is 1. The minimum absolute atomic E-state index is 0.172. The Hall–Kier alpha value is -2.22. The highest BCUT2D eigenvalue weighted by atomic mass is 32.2. The fourth-order valence-corrected chi connectivity index (χ4v) is 3.01. The molecule has 0 saturated heterocycles. The molecule has 1 heterocycles. The largest absolute Gasteiger partial charge is 0.481 e. The quantitative estimate of drug-likeness (QED) is 0.643. The molecule has 0 aliphatic rings. The van der Waals surface area contributed by atoms with Crippen LogP contribution in [0.1, 0.15) is 26.7 Å². The Bertz CT molecular complexity index is 763. The molecule has 4 nitrogen and oxygen atoms in total. The lowest BCUT2D eigenvalue weighted by Gasteiger charge is -2.14. The van der Waals surface area contributed by atoms with Gasteiger partial charge in [-0.15, -0.1) is 0 Å². The van der Waals surface area contributed by atoms with E-state index in [4.69, 9.17) is 9.84 Å². The van der Waals surface area contributed by atoms with Gasteiger partial charge < -0.3 is 9.84 Å². The predicted octanol–water partition coefficient (Wildman–Crippen LogP) is 5.07. The average molecular weight is 385 g/mol. The van der Waals surface area contributed by atoms with Crippen molar-refractivity contribution in [3.05, 3.63) is 42.1 Å². The molecule has 1 aromatic carbocycles. The van der Waals surface area contributed by atoms with Gasteiger partial charge in [-0.2, -0.15) is 0 Å². The highest BCUT2D eigenvalue weighted by Gasteiger charge is 2.20. The molecular formula is C18H18F3NO3S. The van der Waals surface area contributed by atoms with E-state index < -0.39 is 34.4 Å². The van der Waals surface area contributed by atoms with Crippen LogP contribution in [-0.4, -0.2) is 27.7 Å². The van der Waals surface area contributed by atoms with Crippen molar-refractivity contribution < 1.29 is 27.8 Å². The maximum atomic E-state index is 14.3. The Kier molecular flexibility index (Phi) is 6.90. The SMILES string of the molecule is CC(C)Oc1ncccc1-c1cc(F)c(SC(F)CCC(=O)O)c(F)c1. The molecule has 140 valence electrons. The highest BCUT2D eigenvalue weighted by molar-refractivity contribution is 7.99. The van der Waals surface area contributed by atoms with Crippen molar-refractivity contribution in [3.63, 3.8) is 0 Å². The van der Waals surface area contributed by atoms with E-state index in [9.17, 15) is 18.0 Å². The van der Waals surface area contributed by atoms with Gasteiger partial charge in [-0.05, 0) is 50.1 Å². The maximum absolute atomic E-state index is 14.3. The van der Waals surface area contributed by atoms with Gasteiger partial charge in [-0.1, -0.05) is 11.8 Å². The van der Waals surface area contributed by atoms with Crippen molar-refractivity contribution in [2.45, 2.75) is 43.2 Å². The first-order valence-corrected chi connectivity index (χ1v) is 8.79. The highest BCUT2D eigenvalue weighted by Crippen LogP contribution is 2.36. The van der Waals surface area contributed by atoms with Gasteiger partial charge in [-0.25, -0.2) is 18.2 Å². The number of nitrogens with zero attached hydrogens (tertiary/aromatic N) is 1. The Balaban J connectivity index is 2.28. The molecule has 0 fully saturated rings. The number of carboxylic acid groups (broad SMARTS) is 1. The van der Waals surface area contributed by atoms with E-state index in [0.29, 0.717) is 17.3 Å². The molecule has 8 heteroatoms. The summed E-state index contributed by atoms with van der Waals surface area (Å²) in [6.45, 7) is 3.61. The summed E-state index contributed by atoms with van der Waals surface area (Å²) in [6, 6.07) is 5.40. The number of pyridine rings is 1. The first kappa shape index (κ1) is 20.1. The van der Waals surface area contributed by atoms with Gasteiger partial charge in [0.05, 0.1) is 11.0 Å². The van der Waals surface area contributed by atoms with Gasteiger partial charge in [0, 0.05) is 18.2 Å². The summed E-state index contributed by atoms with van der Waals surface area (Å²) in [6.07, 6.45) is 0.583. The zero-order valence-electron chi connectivity index (χ0n) is 14.2. The third-order valence-corrected chi connectivity index (χ3v) is 4.38. The van der Waals surface area contributed by atoms with E-state index in [2.05, 4.69) is 4.98 Å². The Labute approximate surface area is 153 Å². The summed E-state index contributed by atoms with van der Waals surface area (Å²) >= 11 is 0.331. The lowest BCUT2D eigenvalue weighted by molar-refractivity contribution is -0.137. The van der Waals surface area contributed by atoms with Gasteiger partial charge in [0.25, 0.3) is 0 Å². The summed E-state index contributed by atoms with van der Waals surface area (Å²) < 4.78 is 48.0. The summed E-state index contributed by atoms with van der Waals surface area (Å²) in [5.41, 5.74) is -1.09. The van der Waals surface area contributed by atoms with Crippen LogP contribution in [0.3, 0.4) is 0 Å². The van der Waals surface area contributed by atoms with Gasteiger partial charge in [0.15, 0.2) is 5.50 Å². The number of carbonyl (C=O) groups is 1. The van der Waals surface area contributed by atoms with Crippen LogP contribution in [0, 0.1) is 11.6 Å². The van der Waals surface area contributed by atoms with Crippen LogP contribution in [-0.2, 0) is 4.79 Å². The number of rotatable bonds is 8. The Morgan fingerprint density at radius 2 is 1.96 bits per heavy atom. The fraction of sp³-hybridized carbons (Fsp3) is 0.333. The Morgan fingerprint density at radius 3 is 2.54 bits per heavy atom. The van der Waals surface area contributed by atoms with Crippen LogP contribution in [0.5, 0.6) is 5.88 Å². The average Bonchev–Trinajstić information content (AvgIpc) is 2.56. The zero-order chi connectivity index (χ0) is 19.3. The smallest absolute Gasteiger partial charge is 0.303 e. The van der Waals surface area contributed by atoms with Gasteiger partial charge in [0.2, 0.25) is 5.88 Å². The van der Waals surface area contributed by atoms with Crippen LogP contribution in [0.4, 0.5) is 13.2 Å². The van der Waals surface area contributed by atoms with Crippen molar-refractivity contribution in [2.75, 3.05) is 0 Å². The summed E-state index contributed by atoms with van der Waals surface area (Å²) in [4.78, 5) is 14.1. The van der Waals surface area contributed by atoms with Gasteiger partial charge in [-0.3, -0.25) is 4.79 Å². The van der Waals surface area contributed by atoms with Crippen molar-refractivity contribution in [2.24, 2.45) is 0 Å². The maximum Gasteiger partial charge on any atom is 0.303 e. The molecule has 0 saturated carbocycles. The predicted molar refractivity (Wildman–Crippen MR) is 93.0 cm³/mol. The molecule has 1 unspecified atom stereocenters. The van der Waals surface area contributed by atoms with Crippen molar-refractivity contribution in [1.29, 1.82) is 0 Å². The molecule has 0 radical (unpaired) electrons. The monoisotopic (exact) mass is 385 g/mol. The minimum Gasteiger partial charge on any atom is -0.481 e. The minimum atomic E-state index is -1.72. The van der Waals surface area contributed by atoms with E-state index in [1.807, 2.05) is 0 Å². The van der Waals surface area contributed by atoms with Crippen LogP contribution in [0.25, 0.3) is 11.1 Å². The first-order chi connectivity index (χ1) is 12.3. The molecule has 0 aliphatic carbocycles. The first-order valence-electron chi connectivity index (χ1n) is 7.91. The van der Waals surface area contributed by atoms with E-state index >= 15 is 0 Å². The van der Waals surface area contributed by atoms with E-state index in [1.165, 1.54) is 6.20 Å². The van der Waals surface area contributed by atoms with E-state index in [0.717, 1.165) is 12.1 Å². The third kappa shape index (κ3) is 5.39. The Morgan fingerprint density at radius 1 is 1.31 bits per heavy atom. The number of aromatic nitrogens is 1. The number of aliphatic carboxylic acids is 1. The molecule has 0 amide bonds. The molecule has 0 bridgehead atoms. The molecule has 0 spiro atoms. The number of alkyl halides is 1. The summed E-state index contributed by atoms with van der Waals surface area (Å²) in [7, 11) is 0. The normalized spacial score (nSPS) is 12.2.